The molecule has 0 bridgehead atoms. The molecule has 1 aliphatic rings. The maximum atomic E-state index is 11.3. The van der Waals surface area contributed by atoms with Gasteiger partial charge in [-0.15, -0.1) is 0 Å². The summed E-state index contributed by atoms with van der Waals surface area (Å²) in [4.78, 5) is 20.5. The Balaban J connectivity index is 2.92. The summed E-state index contributed by atoms with van der Waals surface area (Å²) < 4.78 is 16.3. The van der Waals surface area contributed by atoms with Crippen LogP contribution in [0, 0.1) is 0 Å². The van der Waals surface area contributed by atoms with Crippen molar-refractivity contribution in [2.75, 3.05) is 12.4 Å². The van der Waals surface area contributed by atoms with Gasteiger partial charge in [0.25, 0.3) is 0 Å². The summed E-state index contributed by atoms with van der Waals surface area (Å²) in [6, 6.07) is 0. The van der Waals surface area contributed by atoms with Crippen LogP contribution in [0.5, 0.6) is 0 Å². The Labute approximate surface area is 72.7 Å². The van der Waals surface area contributed by atoms with E-state index in [1.165, 1.54) is 6.92 Å². The van der Waals surface area contributed by atoms with Crippen LogP contribution in [-0.4, -0.2) is 33.1 Å². The summed E-state index contributed by atoms with van der Waals surface area (Å²) in [7, 11) is -1.37. The number of Topliss-reactive ketones (excluding diaryl/α,β-unsaturated/α-hetero) is 2. The summed E-state index contributed by atoms with van der Waals surface area (Å²) in [5.41, 5.74) is 0. The molecule has 0 aromatic rings. The topological polar surface area (TPSA) is 60.4 Å². The molecular formula is C7H10O4S. The SMILES string of the molecule is CC(=O)C(=O)[C@@]1(C)OCCS1=O. The van der Waals surface area contributed by atoms with Gasteiger partial charge >= 0.3 is 0 Å². The summed E-state index contributed by atoms with van der Waals surface area (Å²) in [6.45, 7) is 2.84. The lowest BCUT2D eigenvalue weighted by Crippen LogP contribution is -2.42. The molecule has 68 valence electrons. The van der Waals surface area contributed by atoms with Gasteiger partial charge in [0.15, 0.2) is 5.78 Å². The summed E-state index contributed by atoms with van der Waals surface area (Å²) in [5, 5.41) is 0. The van der Waals surface area contributed by atoms with Gasteiger partial charge in [-0.1, -0.05) is 0 Å². The highest BCUT2D eigenvalue weighted by Gasteiger charge is 2.46. The number of hydrogen-bond acceptors (Lipinski definition) is 4. The van der Waals surface area contributed by atoms with Gasteiger partial charge in [0, 0.05) is 6.92 Å². The second kappa shape index (κ2) is 3.06. The van der Waals surface area contributed by atoms with Gasteiger partial charge in [-0.25, -0.2) is 0 Å². The Morgan fingerprint density at radius 3 is 2.42 bits per heavy atom. The van der Waals surface area contributed by atoms with Crippen molar-refractivity contribution in [1.82, 2.24) is 0 Å². The van der Waals surface area contributed by atoms with E-state index in [1.807, 2.05) is 0 Å². The van der Waals surface area contributed by atoms with Crippen LogP contribution < -0.4 is 0 Å². The van der Waals surface area contributed by atoms with Gasteiger partial charge < -0.3 is 4.74 Å². The molecule has 0 aliphatic carbocycles. The lowest BCUT2D eigenvalue weighted by atomic mass is 10.2. The number of carbonyl (C=O) groups excluding carboxylic acids is 2. The average Bonchev–Trinajstić information content (AvgIpc) is 2.32. The van der Waals surface area contributed by atoms with Gasteiger partial charge in [-0.3, -0.25) is 13.8 Å². The van der Waals surface area contributed by atoms with Crippen molar-refractivity contribution in [3.8, 4) is 0 Å². The van der Waals surface area contributed by atoms with E-state index >= 15 is 0 Å². The molecule has 1 fully saturated rings. The summed E-state index contributed by atoms with van der Waals surface area (Å²) in [5.74, 6) is -0.971. The van der Waals surface area contributed by atoms with Crippen LogP contribution in [0.3, 0.4) is 0 Å². The van der Waals surface area contributed by atoms with Crippen molar-refractivity contribution in [3.63, 3.8) is 0 Å². The molecule has 1 saturated heterocycles. The molecule has 0 radical (unpaired) electrons. The molecule has 1 heterocycles. The maximum absolute atomic E-state index is 11.3. The summed E-state index contributed by atoms with van der Waals surface area (Å²) >= 11 is 0. The lowest BCUT2D eigenvalue weighted by molar-refractivity contribution is -0.143. The smallest absolute Gasteiger partial charge is 0.242 e. The fourth-order valence-electron chi connectivity index (χ4n) is 1.06. The minimum absolute atomic E-state index is 0.280. The lowest BCUT2D eigenvalue weighted by Gasteiger charge is -2.17. The first-order chi connectivity index (χ1) is 5.48. The Kier molecular flexibility index (Phi) is 2.44. The van der Waals surface area contributed by atoms with Gasteiger partial charge in [-0.05, 0) is 6.92 Å². The highest BCUT2D eigenvalue weighted by molar-refractivity contribution is 7.87. The zero-order chi connectivity index (χ0) is 9.35. The molecule has 1 rings (SSSR count). The van der Waals surface area contributed by atoms with Crippen LogP contribution in [-0.2, 0) is 25.1 Å². The van der Waals surface area contributed by atoms with Gasteiger partial charge in [0.2, 0.25) is 10.7 Å². The highest BCUT2D eigenvalue weighted by atomic mass is 32.2. The minimum atomic E-state index is -1.38. The third-order valence-corrected chi connectivity index (χ3v) is 3.52. The number of ether oxygens (including phenoxy) is 1. The molecule has 12 heavy (non-hydrogen) atoms. The molecule has 0 N–H and O–H groups in total. The van der Waals surface area contributed by atoms with Gasteiger partial charge in [-0.2, -0.15) is 0 Å². The molecule has 0 aromatic carbocycles. The molecule has 2 atom stereocenters. The molecule has 1 aliphatic heterocycles. The monoisotopic (exact) mass is 190 g/mol. The molecule has 0 saturated carbocycles. The maximum Gasteiger partial charge on any atom is 0.242 e. The zero-order valence-corrected chi connectivity index (χ0v) is 7.77. The van der Waals surface area contributed by atoms with Crippen LogP contribution >= 0.6 is 0 Å². The van der Waals surface area contributed by atoms with Crippen molar-refractivity contribution >= 4 is 22.4 Å². The second-order valence-electron chi connectivity index (χ2n) is 2.73. The predicted octanol–water partition coefficient (Wildman–Crippen LogP) is -0.360. The van der Waals surface area contributed by atoms with Crippen LogP contribution in [0.15, 0.2) is 0 Å². The van der Waals surface area contributed by atoms with E-state index in [9.17, 15) is 13.8 Å². The summed E-state index contributed by atoms with van der Waals surface area (Å²) in [6.07, 6.45) is 0. The minimum Gasteiger partial charge on any atom is -0.353 e. The van der Waals surface area contributed by atoms with Crippen LogP contribution in [0.4, 0.5) is 0 Å². The fourth-order valence-corrected chi connectivity index (χ4v) is 2.25. The van der Waals surface area contributed by atoms with Crippen molar-refractivity contribution in [2.24, 2.45) is 0 Å². The normalized spacial score (nSPS) is 35.0. The predicted molar refractivity (Wildman–Crippen MR) is 43.1 cm³/mol. The molecule has 0 aromatic heterocycles. The Bertz CT molecular complexity index is 260. The second-order valence-corrected chi connectivity index (χ2v) is 4.61. The number of carbonyl (C=O) groups is 2. The van der Waals surface area contributed by atoms with E-state index in [1.54, 1.807) is 0 Å². The van der Waals surface area contributed by atoms with E-state index in [4.69, 9.17) is 4.74 Å². The molecular weight excluding hydrogens is 180 g/mol. The standard InChI is InChI=1S/C7H10O4S/c1-5(8)6(9)7(2)11-3-4-12(7)10/h3-4H2,1-2H3/t7-,12?/m0/s1. The molecule has 0 spiro atoms. The van der Waals surface area contributed by atoms with Crippen molar-refractivity contribution in [2.45, 2.75) is 18.8 Å². The molecule has 1 unspecified atom stereocenters. The van der Waals surface area contributed by atoms with Crippen LogP contribution in [0.2, 0.25) is 0 Å². The third-order valence-electron chi connectivity index (χ3n) is 1.81. The molecule has 0 amide bonds. The molecule has 4 nitrogen and oxygen atoms in total. The number of rotatable bonds is 2. The highest BCUT2D eigenvalue weighted by Crippen LogP contribution is 2.23. The van der Waals surface area contributed by atoms with Crippen LogP contribution in [0.1, 0.15) is 13.8 Å². The van der Waals surface area contributed by atoms with Crippen LogP contribution in [0.25, 0.3) is 0 Å². The first-order valence-electron chi connectivity index (χ1n) is 3.56. The first kappa shape index (κ1) is 9.54. The van der Waals surface area contributed by atoms with E-state index in [0.29, 0.717) is 5.75 Å². The van der Waals surface area contributed by atoms with E-state index in [2.05, 4.69) is 0 Å². The Morgan fingerprint density at radius 2 is 2.08 bits per heavy atom. The van der Waals surface area contributed by atoms with E-state index in [0.717, 1.165) is 6.92 Å². The third kappa shape index (κ3) is 1.34. The number of ketones is 2. The molecule has 5 heteroatoms. The van der Waals surface area contributed by atoms with Crippen molar-refractivity contribution < 1.29 is 18.5 Å². The quantitative estimate of drug-likeness (QED) is 0.558. The largest absolute Gasteiger partial charge is 0.353 e. The Hall–Kier alpha value is -0.550. The van der Waals surface area contributed by atoms with E-state index < -0.39 is 27.3 Å². The van der Waals surface area contributed by atoms with Crippen molar-refractivity contribution in [3.05, 3.63) is 0 Å². The van der Waals surface area contributed by atoms with Crippen molar-refractivity contribution in [1.29, 1.82) is 0 Å². The number of hydrogen-bond donors (Lipinski definition) is 0. The van der Waals surface area contributed by atoms with Gasteiger partial charge in [0.1, 0.15) is 0 Å². The first-order valence-corrected chi connectivity index (χ1v) is 4.88. The Morgan fingerprint density at radius 1 is 1.50 bits per heavy atom. The average molecular weight is 190 g/mol. The fraction of sp³-hybridized carbons (Fsp3) is 0.714. The van der Waals surface area contributed by atoms with E-state index in [-0.39, 0.29) is 6.61 Å². The zero-order valence-electron chi connectivity index (χ0n) is 6.96. The van der Waals surface area contributed by atoms with Gasteiger partial charge in [0.05, 0.1) is 23.2 Å².